The van der Waals surface area contributed by atoms with Gasteiger partial charge in [0.1, 0.15) is 5.82 Å². The first-order valence-electron chi connectivity index (χ1n) is 10.9. The number of rotatable bonds is 5. The summed E-state index contributed by atoms with van der Waals surface area (Å²) >= 11 is 0. The van der Waals surface area contributed by atoms with E-state index >= 15 is 4.39 Å². The molecule has 2 aliphatic rings. The van der Waals surface area contributed by atoms with Gasteiger partial charge in [-0.15, -0.1) is 0 Å². The summed E-state index contributed by atoms with van der Waals surface area (Å²) in [6.45, 7) is 1.88. The Bertz CT molecular complexity index is 1430. The number of benzene rings is 3. The van der Waals surface area contributed by atoms with Crippen LogP contribution < -0.4 is 9.47 Å². The number of fused-ring (bicyclic) bond motifs is 1. The molecule has 2 aliphatic heterocycles. The fourth-order valence-electron chi connectivity index (χ4n) is 4.52. The molecule has 0 aliphatic carbocycles. The monoisotopic (exact) mass is 495 g/mol. The molecule has 0 amide bonds. The van der Waals surface area contributed by atoms with Crippen LogP contribution in [-0.4, -0.2) is 30.6 Å². The van der Waals surface area contributed by atoms with Crippen LogP contribution in [-0.2, 0) is 14.8 Å². The molecule has 3 aromatic carbocycles. The summed E-state index contributed by atoms with van der Waals surface area (Å²) in [4.78, 5) is 12.2. The van der Waals surface area contributed by atoms with Gasteiger partial charge in [0, 0.05) is 5.56 Å². The third kappa shape index (κ3) is 4.06. The molecule has 1 N–H and O–H groups in total. The number of hydrogen-bond acceptors (Lipinski definition) is 5. The molecule has 35 heavy (non-hydrogen) atoms. The van der Waals surface area contributed by atoms with E-state index in [0.29, 0.717) is 17.1 Å². The summed E-state index contributed by atoms with van der Waals surface area (Å²) < 4.78 is 55.2. The molecule has 0 spiro atoms. The molecule has 0 bridgehead atoms. The minimum Gasteiger partial charge on any atom is -0.478 e. The van der Waals surface area contributed by atoms with Crippen molar-refractivity contribution >= 4 is 16.0 Å². The van der Waals surface area contributed by atoms with Crippen molar-refractivity contribution in [3.8, 4) is 11.5 Å². The lowest BCUT2D eigenvalue weighted by molar-refractivity contribution is -0.133. The molecule has 0 radical (unpaired) electrons. The highest BCUT2D eigenvalue weighted by molar-refractivity contribution is 7.89. The van der Waals surface area contributed by atoms with Gasteiger partial charge in [0.25, 0.3) is 0 Å². The maximum absolute atomic E-state index is 15.1. The van der Waals surface area contributed by atoms with Crippen LogP contribution in [0.25, 0.3) is 0 Å². The van der Waals surface area contributed by atoms with E-state index in [1.807, 2.05) is 6.92 Å². The van der Waals surface area contributed by atoms with Crippen molar-refractivity contribution in [2.75, 3.05) is 6.79 Å². The standard InChI is InChI=1S/C26H22FNO6S/c1-16-6-9-18(10-7-16)35(31,32)28-22(17-8-13-23-24(14-17)34-15-33-23)12-11-20(26(29)30)25(28)19-4-2-3-5-21(19)27/h2-11,13-14,22,25H,12,15H2,1H3,(H,29,30)/t22-,25-/m0/s1. The van der Waals surface area contributed by atoms with Gasteiger partial charge in [0.2, 0.25) is 16.8 Å². The second kappa shape index (κ2) is 8.83. The van der Waals surface area contributed by atoms with Crippen molar-refractivity contribution in [3.63, 3.8) is 0 Å². The highest BCUT2D eigenvalue weighted by Gasteiger charge is 2.45. The summed E-state index contributed by atoms with van der Waals surface area (Å²) in [7, 11) is -4.28. The SMILES string of the molecule is Cc1ccc(S(=O)(=O)N2[C@@H](c3ccccc3F)C(C(=O)O)=CC[C@H]2c2ccc3c(c2)OCO3)cc1. The molecular formula is C26H22FNO6S. The smallest absolute Gasteiger partial charge is 0.333 e. The molecule has 2 heterocycles. The number of carbonyl (C=O) groups is 1. The van der Waals surface area contributed by atoms with Crippen LogP contribution in [0, 0.1) is 12.7 Å². The van der Waals surface area contributed by atoms with E-state index in [0.717, 1.165) is 9.87 Å². The summed E-state index contributed by atoms with van der Waals surface area (Å²) in [5, 5.41) is 9.99. The molecule has 0 saturated carbocycles. The average molecular weight is 496 g/mol. The summed E-state index contributed by atoms with van der Waals surface area (Å²) in [6, 6.07) is 14.8. The fourth-order valence-corrected chi connectivity index (χ4v) is 6.29. The van der Waals surface area contributed by atoms with E-state index in [-0.39, 0.29) is 29.2 Å². The van der Waals surface area contributed by atoms with E-state index in [2.05, 4.69) is 0 Å². The van der Waals surface area contributed by atoms with Crippen LogP contribution >= 0.6 is 0 Å². The molecule has 9 heteroatoms. The van der Waals surface area contributed by atoms with Gasteiger partial charge in [0.05, 0.1) is 22.6 Å². The van der Waals surface area contributed by atoms with Crippen LogP contribution in [0.4, 0.5) is 4.39 Å². The third-order valence-corrected chi connectivity index (χ3v) is 8.13. The number of carboxylic acids is 1. The Morgan fingerprint density at radius 3 is 2.46 bits per heavy atom. The Balaban J connectivity index is 1.74. The predicted octanol–water partition coefficient (Wildman–Crippen LogP) is 4.75. The maximum Gasteiger partial charge on any atom is 0.333 e. The Hall–Kier alpha value is -3.69. The lowest BCUT2D eigenvalue weighted by atomic mass is 9.89. The first kappa shape index (κ1) is 23.1. The number of carboxylic acid groups (broad SMARTS) is 1. The molecule has 0 unspecified atom stereocenters. The van der Waals surface area contributed by atoms with Crippen molar-refractivity contribution in [2.45, 2.75) is 30.3 Å². The van der Waals surface area contributed by atoms with Gasteiger partial charge in [-0.05, 0) is 49.2 Å². The molecule has 3 aromatic rings. The number of aliphatic carboxylic acids is 1. The van der Waals surface area contributed by atoms with Crippen LogP contribution in [0.3, 0.4) is 0 Å². The normalized spacial score (nSPS) is 19.9. The molecule has 0 aromatic heterocycles. The number of ether oxygens (including phenoxy) is 2. The van der Waals surface area contributed by atoms with Crippen LogP contribution in [0.15, 0.2) is 83.3 Å². The van der Waals surface area contributed by atoms with Gasteiger partial charge < -0.3 is 14.6 Å². The molecule has 180 valence electrons. The molecule has 5 rings (SSSR count). The van der Waals surface area contributed by atoms with Crippen molar-refractivity contribution in [1.29, 1.82) is 0 Å². The summed E-state index contributed by atoms with van der Waals surface area (Å²) in [5.41, 5.74) is 1.20. The van der Waals surface area contributed by atoms with Crippen molar-refractivity contribution < 1.29 is 32.2 Å². The van der Waals surface area contributed by atoms with Crippen LogP contribution in [0.1, 0.15) is 35.2 Å². The molecule has 0 saturated heterocycles. The topological polar surface area (TPSA) is 93.1 Å². The highest BCUT2D eigenvalue weighted by atomic mass is 32.2. The summed E-state index contributed by atoms with van der Waals surface area (Å²) in [5.74, 6) is -1.01. The van der Waals surface area contributed by atoms with E-state index in [4.69, 9.17) is 9.47 Å². The number of hydrogen-bond donors (Lipinski definition) is 1. The zero-order valence-corrected chi connectivity index (χ0v) is 19.5. The van der Waals surface area contributed by atoms with Crippen molar-refractivity contribution in [1.82, 2.24) is 4.31 Å². The highest BCUT2D eigenvalue weighted by Crippen LogP contribution is 2.47. The van der Waals surface area contributed by atoms with E-state index < -0.39 is 33.9 Å². The number of halogens is 1. The average Bonchev–Trinajstić information content (AvgIpc) is 3.31. The van der Waals surface area contributed by atoms with Crippen LogP contribution in [0.2, 0.25) is 0 Å². The first-order chi connectivity index (χ1) is 16.8. The second-order valence-corrected chi connectivity index (χ2v) is 10.2. The summed E-state index contributed by atoms with van der Waals surface area (Å²) in [6.07, 6.45) is 1.55. The molecule has 7 nitrogen and oxygen atoms in total. The second-order valence-electron chi connectivity index (χ2n) is 8.40. The Morgan fingerprint density at radius 1 is 1.03 bits per heavy atom. The van der Waals surface area contributed by atoms with Crippen LogP contribution in [0.5, 0.6) is 11.5 Å². The number of sulfonamides is 1. The number of aryl methyl sites for hydroxylation is 1. The largest absolute Gasteiger partial charge is 0.478 e. The molecule has 2 atom stereocenters. The van der Waals surface area contributed by atoms with Crippen molar-refractivity contribution in [3.05, 3.63) is 101 Å². The van der Waals surface area contributed by atoms with Gasteiger partial charge in [-0.25, -0.2) is 17.6 Å². The first-order valence-corrected chi connectivity index (χ1v) is 12.4. The lowest BCUT2D eigenvalue weighted by Gasteiger charge is -2.40. The zero-order valence-electron chi connectivity index (χ0n) is 18.7. The van der Waals surface area contributed by atoms with E-state index in [1.165, 1.54) is 36.4 Å². The zero-order chi connectivity index (χ0) is 24.7. The Labute approximate surface area is 202 Å². The number of nitrogens with zero attached hydrogens (tertiary/aromatic N) is 1. The quantitative estimate of drug-likeness (QED) is 0.549. The minimum atomic E-state index is -4.28. The van der Waals surface area contributed by atoms with Gasteiger partial charge in [-0.1, -0.05) is 48.0 Å². The third-order valence-electron chi connectivity index (χ3n) is 6.24. The van der Waals surface area contributed by atoms with Gasteiger partial charge in [-0.2, -0.15) is 4.31 Å². The van der Waals surface area contributed by atoms with Gasteiger partial charge in [0.15, 0.2) is 11.5 Å². The van der Waals surface area contributed by atoms with E-state index in [1.54, 1.807) is 36.4 Å². The predicted molar refractivity (Wildman–Crippen MR) is 125 cm³/mol. The maximum atomic E-state index is 15.1. The Kier molecular flexibility index (Phi) is 5.82. The van der Waals surface area contributed by atoms with Gasteiger partial charge >= 0.3 is 5.97 Å². The lowest BCUT2D eigenvalue weighted by Crippen LogP contribution is -2.42. The molecular weight excluding hydrogens is 473 g/mol. The minimum absolute atomic E-state index is 0.0122. The van der Waals surface area contributed by atoms with Crippen molar-refractivity contribution in [2.24, 2.45) is 0 Å². The fraction of sp³-hybridized carbons (Fsp3) is 0.192. The molecule has 0 fully saturated rings. The Morgan fingerprint density at radius 2 is 1.74 bits per heavy atom. The van der Waals surface area contributed by atoms with Gasteiger partial charge in [-0.3, -0.25) is 0 Å². The van der Waals surface area contributed by atoms with E-state index in [9.17, 15) is 18.3 Å².